The van der Waals surface area contributed by atoms with Gasteiger partial charge < -0.3 is 4.90 Å². The van der Waals surface area contributed by atoms with Crippen molar-refractivity contribution in [3.63, 3.8) is 0 Å². The molecule has 1 aliphatic rings. The van der Waals surface area contributed by atoms with E-state index in [0.29, 0.717) is 18.7 Å². The van der Waals surface area contributed by atoms with E-state index in [2.05, 4.69) is 6.07 Å². The number of likely N-dealkylation sites (tertiary alicyclic amines) is 1. The first-order valence-corrected chi connectivity index (χ1v) is 5.93. The van der Waals surface area contributed by atoms with Gasteiger partial charge in [-0.2, -0.15) is 5.26 Å². The number of hydrogen-bond acceptors (Lipinski definition) is 4. The average molecular weight is 259 g/mol. The first-order valence-electron chi connectivity index (χ1n) is 5.93. The summed E-state index contributed by atoms with van der Waals surface area (Å²) in [6.45, 7) is 2.40. The van der Waals surface area contributed by atoms with E-state index in [9.17, 15) is 14.9 Å². The lowest BCUT2D eigenvalue weighted by Gasteiger charge is -2.17. The van der Waals surface area contributed by atoms with Gasteiger partial charge in [0.1, 0.15) is 0 Å². The van der Waals surface area contributed by atoms with Gasteiger partial charge >= 0.3 is 0 Å². The molecule has 1 heterocycles. The van der Waals surface area contributed by atoms with Gasteiger partial charge in [0.15, 0.2) is 0 Å². The number of carbonyl (C=O) groups excluding carboxylic acids is 1. The molecule has 1 aliphatic heterocycles. The molecule has 1 atom stereocenters. The molecule has 1 aromatic rings. The average Bonchev–Trinajstić information content (AvgIpc) is 2.72. The van der Waals surface area contributed by atoms with Crippen LogP contribution in [0.5, 0.6) is 0 Å². The SMILES string of the molecule is Cc1c(CN2CC(C#N)CC2=O)cccc1[N+](=O)[O-]. The van der Waals surface area contributed by atoms with Crippen molar-refractivity contribution in [2.45, 2.75) is 19.9 Å². The number of nitrogens with zero attached hydrogens (tertiary/aromatic N) is 3. The highest BCUT2D eigenvalue weighted by Gasteiger charge is 2.30. The topological polar surface area (TPSA) is 87.2 Å². The zero-order valence-electron chi connectivity index (χ0n) is 10.5. The number of amides is 1. The molecule has 0 aliphatic carbocycles. The predicted molar refractivity (Wildman–Crippen MR) is 67.0 cm³/mol. The van der Waals surface area contributed by atoms with Gasteiger partial charge in [-0.05, 0) is 12.5 Å². The summed E-state index contributed by atoms with van der Waals surface area (Å²) in [6, 6.07) is 6.92. The van der Waals surface area contributed by atoms with Gasteiger partial charge in [0.05, 0.1) is 16.9 Å². The third kappa shape index (κ3) is 2.55. The fourth-order valence-electron chi connectivity index (χ4n) is 2.26. The molecule has 1 unspecified atom stereocenters. The van der Waals surface area contributed by atoms with Crippen LogP contribution in [0.4, 0.5) is 5.69 Å². The highest BCUT2D eigenvalue weighted by atomic mass is 16.6. The highest BCUT2D eigenvalue weighted by Crippen LogP contribution is 2.25. The second kappa shape index (κ2) is 5.06. The van der Waals surface area contributed by atoms with Gasteiger partial charge in [-0.25, -0.2) is 0 Å². The van der Waals surface area contributed by atoms with Crippen molar-refractivity contribution in [2.75, 3.05) is 6.54 Å². The third-order valence-corrected chi connectivity index (χ3v) is 3.37. The van der Waals surface area contributed by atoms with Crippen molar-refractivity contribution < 1.29 is 9.72 Å². The molecular weight excluding hydrogens is 246 g/mol. The molecule has 1 aromatic carbocycles. The number of benzene rings is 1. The lowest BCUT2D eigenvalue weighted by atomic mass is 10.1. The summed E-state index contributed by atoms with van der Waals surface area (Å²) in [7, 11) is 0. The number of carbonyl (C=O) groups is 1. The van der Waals surface area contributed by atoms with Gasteiger partial charge in [-0.1, -0.05) is 12.1 Å². The molecule has 0 spiro atoms. The quantitative estimate of drug-likeness (QED) is 0.611. The van der Waals surface area contributed by atoms with E-state index in [-0.39, 0.29) is 23.9 Å². The molecule has 98 valence electrons. The molecule has 6 nitrogen and oxygen atoms in total. The predicted octanol–water partition coefficient (Wildman–Crippen LogP) is 1.78. The monoisotopic (exact) mass is 259 g/mol. The molecule has 0 aromatic heterocycles. The van der Waals surface area contributed by atoms with Gasteiger partial charge in [0.25, 0.3) is 5.69 Å². The van der Waals surface area contributed by atoms with Crippen molar-refractivity contribution in [2.24, 2.45) is 5.92 Å². The van der Waals surface area contributed by atoms with E-state index < -0.39 is 4.92 Å². The summed E-state index contributed by atoms with van der Waals surface area (Å²) in [5, 5.41) is 19.7. The lowest BCUT2D eigenvalue weighted by molar-refractivity contribution is -0.385. The normalized spacial score (nSPS) is 18.4. The highest BCUT2D eigenvalue weighted by molar-refractivity contribution is 5.79. The van der Waals surface area contributed by atoms with Gasteiger partial charge in [0, 0.05) is 31.1 Å². The van der Waals surface area contributed by atoms with Crippen LogP contribution in [0.1, 0.15) is 17.5 Å². The van der Waals surface area contributed by atoms with Crippen LogP contribution in [0, 0.1) is 34.3 Å². The maximum atomic E-state index is 11.7. The molecule has 1 fully saturated rings. The van der Waals surface area contributed by atoms with Crippen LogP contribution >= 0.6 is 0 Å². The molecule has 1 amide bonds. The smallest absolute Gasteiger partial charge is 0.272 e. The largest absolute Gasteiger partial charge is 0.337 e. The molecule has 19 heavy (non-hydrogen) atoms. The third-order valence-electron chi connectivity index (χ3n) is 3.37. The van der Waals surface area contributed by atoms with Gasteiger partial charge in [-0.3, -0.25) is 14.9 Å². The summed E-state index contributed by atoms with van der Waals surface area (Å²) >= 11 is 0. The van der Waals surface area contributed by atoms with E-state index in [0.717, 1.165) is 5.56 Å². The number of nitro benzene ring substituents is 1. The summed E-state index contributed by atoms with van der Waals surface area (Å²) in [4.78, 5) is 23.7. The molecule has 0 saturated carbocycles. The molecular formula is C13H13N3O3. The zero-order valence-corrected chi connectivity index (χ0v) is 10.5. The van der Waals surface area contributed by atoms with E-state index >= 15 is 0 Å². The van der Waals surface area contributed by atoms with Gasteiger partial charge in [0.2, 0.25) is 5.91 Å². The molecule has 0 bridgehead atoms. The van der Waals surface area contributed by atoms with Crippen LogP contribution in [-0.2, 0) is 11.3 Å². The van der Waals surface area contributed by atoms with Crippen LogP contribution in [0.3, 0.4) is 0 Å². The Balaban J connectivity index is 2.21. The number of nitriles is 1. The number of nitro groups is 1. The minimum atomic E-state index is -0.428. The van der Waals surface area contributed by atoms with Crippen molar-refractivity contribution in [3.8, 4) is 6.07 Å². The minimum Gasteiger partial charge on any atom is -0.337 e. The van der Waals surface area contributed by atoms with Crippen molar-refractivity contribution in [1.29, 1.82) is 5.26 Å². The van der Waals surface area contributed by atoms with E-state index in [4.69, 9.17) is 5.26 Å². The molecule has 0 N–H and O–H groups in total. The van der Waals surface area contributed by atoms with Crippen LogP contribution in [-0.4, -0.2) is 22.3 Å². The second-order valence-corrected chi connectivity index (χ2v) is 4.62. The Morgan fingerprint density at radius 1 is 1.58 bits per heavy atom. The Morgan fingerprint density at radius 2 is 2.32 bits per heavy atom. The molecule has 2 rings (SSSR count). The van der Waals surface area contributed by atoms with Crippen molar-refractivity contribution in [3.05, 3.63) is 39.4 Å². The zero-order chi connectivity index (χ0) is 14.0. The Bertz CT molecular complexity index is 577. The Hall–Kier alpha value is -2.42. The Labute approximate surface area is 110 Å². The van der Waals surface area contributed by atoms with Crippen molar-refractivity contribution >= 4 is 11.6 Å². The first-order chi connectivity index (χ1) is 9.02. The standard InChI is InChI=1S/C13H13N3O3/c1-9-11(3-2-4-12(9)16(18)19)8-15-7-10(6-14)5-13(15)17/h2-4,10H,5,7-8H2,1H3. The summed E-state index contributed by atoms with van der Waals surface area (Å²) in [6.07, 6.45) is 0.241. The fourth-order valence-corrected chi connectivity index (χ4v) is 2.26. The molecule has 0 radical (unpaired) electrons. The number of hydrogen-bond donors (Lipinski definition) is 0. The summed E-state index contributed by atoms with van der Waals surface area (Å²) in [5.41, 5.74) is 1.38. The molecule has 1 saturated heterocycles. The first kappa shape index (κ1) is 13.0. The minimum absolute atomic E-state index is 0.0565. The van der Waals surface area contributed by atoms with Crippen LogP contribution in [0.2, 0.25) is 0 Å². The summed E-state index contributed by atoms with van der Waals surface area (Å²) in [5.74, 6) is -0.344. The van der Waals surface area contributed by atoms with Gasteiger partial charge in [-0.15, -0.1) is 0 Å². The maximum Gasteiger partial charge on any atom is 0.272 e. The van der Waals surface area contributed by atoms with Crippen molar-refractivity contribution in [1.82, 2.24) is 4.90 Å². The van der Waals surface area contributed by atoms with Crippen LogP contribution in [0.15, 0.2) is 18.2 Å². The van der Waals surface area contributed by atoms with E-state index in [1.165, 1.54) is 6.07 Å². The molecule has 6 heteroatoms. The fraction of sp³-hybridized carbons (Fsp3) is 0.385. The second-order valence-electron chi connectivity index (χ2n) is 4.62. The lowest BCUT2D eigenvalue weighted by Crippen LogP contribution is -2.25. The van der Waals surface area contributed by atoms with Crippen LogP contribution in [0.25, 0.3) is 0 Å². The van der Waals surface area contributed by atoms with Crippen LogP contribution < -0.4 is 0 Å². The maximum absolute atomic E-state index is 11.7. The van der Waals surface area contributed by atoms with E-state index in [1.807, 2.05) is 0 Å². The summed E-state index contributed by atoms with van der Waals surface area (Å²) < 4.78 is 0. The Morgan fingerprint density at radius 3 is 2.89 bits per heavy atom. The van der Waals surface area contributed by atoms with E-state index in [1.54, 1.807) is 24.0 Å². The Kier molecular flexibility index (Phi) is 3.47. The number of rotatable bonds is 3.